The molecule has 0 bridgehead atoms. The quantitative estimate of drug-likeness (QED) is 0.380. The Hall–Kier alpha value is -3.53. The van der Waals surface area contributed by atoms with Gasteiger partial charge in [0, 0.05) is 37.5 Å². The fraction of sp³-hybridized carbons (Fsp3) is 0.464. The molecule has 1 aliphatic rings. The molecule has 2 heterocycles. The van der Waals surface area contributed by atoms with E-state index in [-0.39, 0.29) is 29.1 Å². The standard InChI is InChI=1S/C28H34F2N4O4/c1-16(2)37-19-12-21(29)24(22(30)13-19)25-31-27(32-38-25)34-10-9-18-11-17(7-8-23(18)34)14-33(6)15-20(26(35)36)28(3,4)5/h7-8,11-13,16,20H,9-10,14-15H2,1-6H3,(H,35,36). The van der Waals surface area contributed by atoms with E-state index < -0.39 is 29.1 Å². The number of benzene rings is 2. The first kappa shape index (κ1) is 27.5. The summed E-state index contributed by atoms with van der Waals surface area (Å²) in [6.07, 6.45) is 0.511. The summed E-state index contributed by atoms with van der Waals surface area (Å²) < 4.78 is 40.1. The van der Waals surface area contributed by atoms with Gasteiger partial charge in [-0.25, -0.2) is 8.78 Å². The Morgan fingerprint density at radius 1 is 1.21 bits per heavy atom. The summed E-state index contributed by atoms with van der Waals surface area (Å²) in [5, 5.41) is 13.6. The number of fused-ring (bicyclic) bond motifs is 1. The van der Waals surface area contributed by atoms with E-state index in [1.165, 1.54) is 0 Å². The fourth-order valence-electron chi connectivity index (χ4n) is 4.69. The number of hydrogen-bond acceptors (Lipinski definition) is 7. The summed E-state index contributed by atoms with van der Waals surface area (Å²) >= 11 is 0. The molecule has 1 aliphatic heterocycles. The topological polar surface area (TPSA) is 91.9 Å². The molecule has 0 fully saturated rings. The maximum atomic E-state index is 14.7. The zero-order chi connectivity index (χ0) is 27.8. The summed E-state index contributed by atoms with van der Waals surface area (Å²) in [6.45, 7) is 11.0. The predicted octanol–water partition coefficient (Wildman–Crippen LogP) is 5.67. The summed E-state index contributed by atoms with van der Waals surface area (Å²) in [6, 6.07) is 8.23. The van der Waals surface area contributed by atoms with E-state index in [0.29, 0.717) is 19.6 Å². The predicted molar refractivity (Wildman–Crippen MR) is 139 cm³/mol. The largest absolute Gasteiger partial charge is 0.491 e. The Labute approximate surface area is 221 Å². The molecule has 4 rings (SSSR count). The average Bonchev–Trinajstić information content (AvgIpc) is 3.42. The van der Waals surface area contributed by atoms with Crippen LogP contribution >= 0.6 is 0 Å². The third-order valence-electron chi connectivity index (χ3n) is 6.59. The van der Waals surface area contributed by atoms with Crippen molar-refractivity contribution in [3.8, 4) is 17.2 Å². The van der Waals surface area contributed by atoms with Crippen molar-refractivity contribution in [1.29, 1.82) is 0 Å². The maximum Gasteiger partial charge on any atom is 0.308 e. The van der Waals surface area contributed by atoms with Crippen molar-refractivity contribution in [2.24, 2.45) is 11.3 Å². The number of carboxylic acid groups (broad SMARTS) is 1. The molecule has 0 spiro atoms. The second-order valence-electron chi connectivity index (χ2n) is 11.1. The Morgan fingerprint density at radius 2 is 1.89 bits per heavy atom. The Bertz CT molecular complexity index is 1300. The van der Waals surface area contributed by atoms with Crippen LogP contribution in [0, 0.1) is 23.0 Å². The van der Waals surface area contributed by atoms with Crippen LogP contribution in [-0.2, 0) is 17.8 Å². The molecule has 3 aromatic rings. The molecule has 8 nitrogen and oxygen atoms in total. The molecule has 1 N–H and O–H groups in total. The number of halogens is 2. The van der Waals surface area contributed by atoms with E-state index in [1.807, 2.05) is 49.8 Å². The van der Waals surface area contributed by atoms with E-state index in [0.717, 1.165) is 35.4 Å². The molecule has 1 unspecified atom stereocenters. The molecular weight excluding hydrogens is 494 g/mol. The Balaban J connectivity index is 1.49. The van der Waals surface area contributed by atoms with Crippen molar-refractivity contribution in [1.82, 2.24) is 15.0 Å². The smallest absolute Gasteiger partial charge is 0.308 e. The summed E-state index contributed by atoms with van der Waals surface area (Å²) in [7, 11) is 1.92. The van der Waals surface area contributed by atoms with E-state index in [2.05, 4.69) is 16.2 Å². The third kappa shape index (κ3) is 5.96. The zero-order valence-electron chi connectivity index (χ0n) is 22.6. The molecule has 0 amide bonds. The van der Waals surface area contributed by atoms with Crippen LogP contribution in [0.3, 0.4) is 0 Å². The van der Waals surface area contributed by atoms with Gasteiger partial charge in [0.2, 0.25) is 0 Å². The number of anilines is 2. The van der Waals surface area contributed by atoms with E-state index >= 15 is 0 Å². The molecule has 38 heavy (non-hydrogen) atoms. The van der Waals surface area contributed by atoms with Crippen molar-refractivity contribution >= 4 is 17.6 Å². The zero-order valence-corrected chi connectivity index (χ0v) is 22.6. The highest BCUT2D eigenvalue weighted by Crippen LogP contribution is 2.36. The highest BCUT2D eigenvalue weighted by molar-refractivity contribution is 5.71. The normalized spacial score (nSPS) is 14.3. The van der Waals surface area contributed by atoms with Crippen LogP contribution < -0.4 is 9.64 Å². The second kappa shape index (κ2) is 10.7. The molecule has 0 saturated heterocycles. The van der Waals surface area contributed by atoms with Gasteiger partial charge in [-0.1, -0.05) is 32.9 Å². The highest BCUT2D eigenvalue weighted by atomic mass is 19.1. The average molecular weight is 529 g/mol. The number of hydrogen-bond donors (Lipinski definition) is 1. The molecule has 0 aliphatic carbocycles. The van der Waals surface area contributed by atoms with Crippen LogP contribution in [0.25, 0.3) is 11.5 Å². The van der Waals surface area contributed by atoms with E-state index in [4.69, 9.17) is 9.26 Å². The maximum absolute atomic E-state index is 14.7. The van der Waals surface area contributed by atoms with Gasteiger partial charge in [-0.3, -0.25) is 4.79 Å². The lowest BCUT2D eigenvalue weighted by Crippen LogP contribution is -2.38. The van der Waals surface area contributed by atoms with Crippen molar-refractivity contribution < 1.29 is 27.9 Å². The van der Waals surface area contributed by atoms with Gasteiger partial charge in [0.15, 0.2) is 0 Å². The van der Waals surface area contributed by atoms with Crippen LogP contribution in [0.2, 0.25) is 0 Å². The number of rotatable bonds is 9. The van der Waals surface area contributed by atoms with Crippen molar-refractivity contribution in [2.45, 2.75) is 53.7 Å². The number of aliphatic carboxylic acids is 1. The Kier molecular flexibility index (Phi) is 7.73. The van der Waals surface area contributed by atoms with Crippen molar-refractivity contribution in [3.63, 3.8) is 0 Å². The fourth-order valence-corrected chi connectivity index (χ4v) is 4.69. The molecule has 10 heteroatoms. The number of aromatic nitrogens is 2. The SMILES string of the molecule is CC(C)Oc1cc(F)c(-c2nc(N3CCc4cc(CN(C)CC(C(=O)O)C(C)(C)C)ccc43)no2)c(F)c1. The molecule has 204 valence electrons. The summed E-state index contributed by atoms with van der Waals surface area (Å²) in [5.41, 5.74) is 2.29. The molecule has 0 saturated carbocycles. The van der Waals surface area contributed by atoms with Crippen LogP contribution in [0.15, 0.2) is 34.9 Å². The molecular formula is C28H34F2N4O4. The van der Waals surface area contributed by atoms with E-state index in [9.17, 15) is 18.7 Å². The minimum atomic E-state index is -0.844. The minimum Gasteiger partial charge on any atom is -0.491 e. The van der Waals surface area contributed by atoms with Gasteiger partial charge in [0.05, 0.1) is 12.0 Å². The lowest BCUT2D eigenvalue weighted by atomic mass is 9.80. The third-order valence-corrected chi connectivity index (χ3v) is 6.59. The number of nitrogens with zero attached hydrogens (tertiary/aromatic N) is 4. The van der Waals surface area contributed by atoms with Crippen LogP contribution in [0.5, 0.6) is 5.75 Å². The molecule has 1 atom stereocenters. The lowest BCUT2D eigenvalue weighted by Gasteiger charge is -2.31. The van der Waals surface area contributed by atoms with Crippen LogP contribution in [-0.4, -0.2) is 52.4 Å². The molecule has 0 radical (unpaired) electrons. The van der Waals surface area contributed by atoms with Gasteiger partial charge in [-0.2, -0.15) is 4.98 Å². The number of carbonyl (C=O) groups is 1. The molecule has 1 aromatic heterocycles. The highest BCUT2D eigenvalue weighted by Gasteiger charge is 2.32. The van der Waals surface area contributed by atoms with Gasteiger partial charge in [-0.05, 0) is 55.1 Å². The summed E-state index contributed by atoms with van der Waals surface area (Å²) in [4.78, 5) is 19.9. The van der Waals surface area contributed by atoms with Gasteiger partial charge >= 0.3 is 5.97 Å². The van der Waals surface area contributed by atoms with Crippen molar-refractivity contribution in [3.05, 3.63) is 53.1 Å². The van der Waals surface area contributed by atoms with Gasteiger partial charge < -0.3 is 24.2 Å². The van der Waals surface area contributed by atoms with Gasteiger partial charge in [-0.15, -0.1) is 0 Å². The first-order valence-corrected chi connectivity index (χ1v) is 12.6. The van der Waals surface area contributed by atoms with Crippen LogP contribution in [0.4, 0.5) is 20.4 Å². The monoisotopic (exact) mass is 528 g/mol. The number of ether oxygens (including phenoxy) is 1. The minimum absolute atomic E-state index is 0.0882. The van der Waals surface area contributed by atoms with Gasteiger partial charge in [0.25, 0.3) is 11.8 Å². The van der Waals surface area contributed by atoms with Gasteiger partial charge in [0.1, 0.15) is 22.9 Å². The first-order valence-electron chi connectivity index (χ1n) is 12.6. The summed E-state index contributed by atoms with van der Waals surface area (Å²) in [5.74, 6) is -2.91. The second-order valence-corrected chi connectivity index (χ2v) is 11.1. The Morgan fingerprint density at radius 3 is 2.50 bits per heavy atom. The molecule has 2 aromatic carbocycles. The number of carboxylic acids is 1. The van der Waals surface area contributed by atoms with Crippen molar-refractivity contribution in [2.75, 3.05) is 25.0 Å². The first-order chi connectivity index (χ1) is 17.8. The lowest BCUT2D eigenvalue weighted by molar-refractivity contribution is -0.146. The van der Waals surface area contributed by atoms with Crippen LogP contribution in [0.1, 0.15) is 45.7 Å². The van der Waals surface area contributed by atoms with E-state index in [1.54, 1.807) is 13.8 Å².